The summed E-state index contributed by atoms with van der Waals surface area (Å²) in [5.74, 6) is -1.24. The zero-order valence-corrected chi connectivity index (χ0v) is 19.6. The number of amides is 2. The Balaban J connectivity index is 1.34. The number of thiophene rings is 1. The molecule has 0 radical (unpaired) electrons. The Morgan fingerprint density at radius 1 is 1.17 bits per heavy atom. The summed E-state index contributed by atoms with van der Waals surface area (Å²) < 4.78 is 44.8. The molecule has 1 aromatic carbocycles. The van der Waals surface area contributed by atoms with Crippen LogP contribution in [0.3, 0.4) is 0 Å². The third kappa shape index (κ3) is 5.16. The van der Waals surface area contributed by atoms with E-state index in [1.807, 2.05) is 12.1 Å². The number of aromatic nitrogens is 2. The van der Waals surface area contributed by atoms with E-state index in [1.165, 1.54) is 23.0 Å². The quantitative estimate of drug-likeness (QED) is 0.512. The zero-order chi connectivity index (χ0) is 24.6. The number of hydrogen-bond donors (Lipinski definition) is 2. The Kier molecular flexibility index (Phi) is 6.24. The number of nitrogens with zero attached hydrogens (tertiary/aromatic N) is 3. The number of ether oxygens (including phenoxy) is 1. The number of alkyl halides is 3. The lowest BCUT2D eigenvalue weighted by Gasteiger charge is -2.52. The van der Waals surface area contributed by atoms with Gasteiger partial charge in [0.2, 0.25) is 5.82 Å². The van der Waals surface area contributed by atoms with E-state index >= 15 is 0 Å². The summed E-state index contributed by atoms with van der Waals surface area (Å²) >= 11 is 1.23. The van der Waals surface area contributed by atoms with Crippen molar-refractivity contribution >= 4 is 23.1 Å². The van der Waals surface area contributed by atoms with Gasteiger partial charge >= 0.3 is 12.2 Å². The van der Waals surface area contributed by atoms with E-state index in [2.05, 4.69) is 32.3 Å². The Morgan fingerprint density at radius 3 is 2.54 bits per heavy atom. The lowest BCUT2D eigenvalue weighted by Crippen LogP contribution is -2.57. The number of benzene rings is 1. The van der Waals surface area contributed by atoms with Crippen LogP contribution in [-0.2, 0) is 17.5 Å². The first-order valence-electron chi connectivity index (χ1n) is 11.2. The summed E-state index contributed by atoms with van der Waals surface area (Å²) in [5.41, 5.74) is 8.14. The molecule has 2 aromatic heterocycles. The molecule has 2 saturated heterocycles. The van der Waals surface area contributed by atoms with Gasteiger partial charge in [-0.2, -0.15) is 13.2 Å². The van der Waals surface area contributed by atoms with Crippen molar-refractivity contribution in [2.24, 2.45) is 11.1 Å². The maximum atomic E-state index is 13.1. The van der Waals surface area contributed by atoms with Crippen LogP contribution in [0.5, 0.6) is 0 Å². The van der Waals surface area contributed by atoms with Gasteiger partial charge in [-0.1, -0.05) is 24.3 Å². The van der Waals surface area contributed by atoms with Crippen molar-refractivity contribution in [3.63, 3.8) is 0 Å². The van der Waals surface area contributed by atoms with Crippen LogP contribution in [-0.4, -0.2) is 47.2 Å². The lowest BCUT2D eigenvalue weighted by molar-refractivity contribution is -0.144. The molecule has 2 amide bonds. The highest BCUT2D eigenvalue weighted by Crippen LogP contribution is 2.42. The van der Waals surface area contributed by atoms with Crippen LogP contribution in [0.15, 0.2) is 42.6 Å². The topological polar surface area (TPSA) is 93.4 Å². The summed E-state index contributed by atoms with van der Waals surface area (Å²) in [7, 11) is 0. The fourth-order valence-electron chi connectivity index (χ4n) is 4.74. The first-order chi connectivity index (χ1) is 16.7. The molecule has 0 unspecified atom stereocenters. The largest absolute Gasteiger partial charge is 0.451 e. The van der Waals surface area contributed by atoms with Crippen molar-refractivity contribution < 1.29 is 22.7 Å². The molecule has 2 aliphatic heterocycles. The van der Waals surface area contributed by atoms with Crippen molar-refractivity contribution in [1.82, 2.24) is 14.9 Å². The minimum atomic E-state index is -4.68. The highest BCUT2D eigenvalue weighted by Gasteiger charge is 2.43. The number of carbonyl (C=O) groups excluding carboxylic acids is 1. The molecule has 184 valence electrons. The van der Waals surface area contributed by atoms with Crippen molar-refractivity contribution in [1.29, 1.82) is 0 Å². The van der Waals surface area contributed by atoms with Crippen LogP contribution in [0.2, 0.25) is 0 Å². The van der Waals surface area contributed by atoms with Crippen LogP contribution in [0.4, 0.5) is 23.7 Å². The standard InChI is InChI=1S/C24H24F3N5O2S/c25-24(26,27)21-29-8-5-17(30-21)20-18(31-22(28)33)11-19(35-20)16-3-1-15(2-4-16)12-32-13-23(14-32)6-9-34-10-7-23/h1-5,8,11H,6-7,9-10,12-14H2,(H3,28,31,33). The maximum Gasteiger partial charge on any atom is 0.451 e. The van der Waals surface area contributed by atoms with Crippen LogP contribution in [0.25, 0.3) is 21.0 Å². The maximum absolute atomic E-state index is 13.1. The number of likely N-dealkylation sites (tertiary alicyclic amines) is 1. The SMILES string of the molecule is NC(=O)Nc1cc(-c2ccc(CN3CC4(CCOCC4)C3)cc2)sc1-c1ccnc(C(F)(F)F)n1. The number of anilines is 1. The number of nitrogens with two attached hydrogens (primary N) is 1. The monoisotopic (exact) mass is 503 g/mol. The highest BCUT2D eigenvalue weighted by atomic mass is 32.1. The summed E-state index contributed by atoms with van der Waals surface area (Å²) in [6.45, 7) is 4.75. The molecule has 0 saturated carbocycles. The number of nitrogens with one attached hydrogen (secondary N) is 1. The Labute approximate surface area is 204 Å². The van der Waals surface area contributed by atoms with Gasteiger partial charge in [-0.25, -0.2) is 14.8 Å². The lowest BCUT2D eigenvalue weighted by atomic mass is 9.73. The predicted molar refractivity (Wildman–Crippen MR) is 127 cm³/mol. The number of primary amides is 1. The highest BCUT2D eigenvalue weighted by molar-refractivity contribution is 7.19. The smallest absolute Gasteiger partial charge is 0.381 e. The predicted octanol–water partition coefficient (Wildman–Crippen LogP) is 4.99. The molecule has 4 heterocycles. The second kappa shape index (κ2) is 9.21. The molecule has 3 N–H and O–H groups in total. The van der Waals surface area contributed by atoms with Crippen molar-refractivity contribution in [2.75, 3.05) is 31.6 Å². The van der Waals surface area contributed by atoms with Crippen LogP contribution in [0, 0.1) is 5.41 Å². The number of rotatable bonds is 5. The Hall–Kier alpha value is -3.02. The van der Waals surface area contributed by atoms with Gasteiger partial charge in [0.05, 0.1) is 16.3 Å². The normalized spacial score (nSPS) is 17.8. The molecule has 2 aliphatic rings. The van der Waals surface area contributed by atoms with Gasteiger partial charge in [0.25, 0.3) is 0 Å². The van der Waals surface area contributed by atoms with Crippen molar-refractivity contribution in [3.8, 4) is 21.0 Å². The summed E-state index contributed by atoms with van der Waals surface area (Å²) in [6.07, 6.45) is -1.37. The molecule has 5 rings (SSSR count). The van der Waals surface area contributed by atoms with Crippen LogP contribution >= 0.6 is 11.3 Å². The van der Waals surface area contributed by atoms with Crippen molar-refractivity contribution in [3.05, 3.63) is 54.0 Å². The van der Waals surface area contributed by atoms with E-state index in [0.29, 0.717) is 16.0 Å². The second-order valence-electron chi connectivity index (χ2n) is 9.06. The van der Waals surface area contributed by atoms with Gasteiger partial charge in [0, 0.05) is 49.3 Å². The van der Waals surface area contributed by atoms with E-state index in [0.717, 1.165) is 62.3 Å². The zero-order valence-electron chi connectivity index (χ0n) is 18.8. The molecule has 2 fully saturated rings. The molecule has 0 bridgehead atoms. The van der Waals surface area contributed by atoms with E-state index < -0.39 is 18.0 Å². The molecule has 35 heavy (non-hydrogen) atoms. The summed E-state index contributed by atoms with van der Waals surface area (Å²) in [5, 5.41) is 2.49. The molecule has 1 spiro atoms. The molecular weight excluding hydrogens is 479 g/mol. The van der Waals surface area contributed by atoms with E-state index in [4.69, 9.17) is 10.5 Å². The second-order valence-corrected chi connectivity index (χ2v) is 10.1. The molecule has 11 heteroatoms. The minimum Gasteiger partial charge on any atom is -0.381 e. The average molecular weight is 504 g/mol. The van der Waals surface area contributed by atoms with Gasteiger partial charge < -0.3 is 15.8 Å². The van der Waals surface area contributed by atoms with Crippen LogP contribution < -0.4 is 11.1 Å². The first-order valence-corrected chi connectivity index (χ1v) is 12.0. The van der Waals surface area contributed by atoms with E-state index in [-0.39, 0.29) is 5.69 Å². The molecular formula is C24H24F3N5O2S. The Bertz CT molecular complexity index is 1210. The van der Waals surface area contributed by atoms with Gasteiger partial charge in [-0.15, -0.1) is 11.3 Å². The third-order valence-corrected chi connectivity index (χ3v) is 7.65. The molecule has 0 atom stereocenters. The van der Waals surface area contributed by atoms with Gasteiger partial charge in [-0.05, 0) is 36.1 Å². The van der Waals surface area contributed by atoms with Crippen LogP contribution in [0.1, 0.15) is 24.2 Å². The first kappa shape index (κ1) is 23.7. The van der Waals surface area contributed by atoms with Gasteiger partial charge in [-0.3, -0.25) is 4.90 Å². The number of urea groups is 1. The molecule has 7 nitrogen and oxygen atoms in total. The Morgan fingerprint density at radius 2 is 1.89 bits per heavy atom. The number of hydrogen-bond acceptors (Lipinski definition) is 6. The van der Waals surface area contributed by atoms with E-state index in [1.54, 1.807) is 6.07 Å². The summed E-state index contributed by atoms with van der Waals surface area (Å²) in [4.78, 5) is 22.1. The number of halogens is 3. The van der Waals surface area contributed by atoms with Gasteiger partial charge in [0.15, 0.2) is 0 Å². The van der Waals surface area contributed by atoms with Crippen molar-refractivity contribution in [2.45, 2.75) is 25.6 Å². The van der Waals surface area contributed by atoms with E-state index in [9.17, 15) is 18.0 Å². The van der Waals surface area contributed by atoms with Gasteiger partial charge in [0.1, 0.15) is 0 Å². The fraction of sp³-hybridized carbons (Fsp3) is 0.375. The average Bonchev–Trinajstić information content (AvgIpc) is 3.22. The molecule has 3 aromatic rings. The number of carbonyl (C=O) groups is 1. The fourth-order valence-corrected chi connectivity index (χ4v) is 5.83. The third-order valence-electron chi connectivity index (χ3n) is 6.45. The minimum absolute atomic E-state index is 0.0590. The molecule has 0 aliphatic carbocycles. The summed E-state index contributed by atoms with van der Waals surface area (Å²) in [6, 6.07) is 10.3.